The van der Waals surface area contributed by atoms with Crippen molar-refractivity contribution >= 4 is 0 Å². The zero-order chi connectivity index (χ0) is 13.3. The van der Waals surface area contributed by atoms with Crippen LogP contribution >= 0.6 is 0 Å². The van der Waals surface area contributed by atoms with Crippen molar-refractivity contribution in [3.05, 3.63) is 34.9 Å². The summed E-state index contributed by atoms with van der Waals surface area (Å²) in [6.07, 6.45) is 11.3. The fourth-order valence-corrected chi connectivity index (χ4v) is 3.95. The number of hydrogen-bond acceptors (Lipinski definition) is 1. The molecule has 104 valence electrons. The van der Waals surface area contributed by atoms with E-state index in [1.165, 1.54) is 68.9 Å². The van der Waals surface area contributed by atoms with Crippen LogP contribution in [0.15, 0.2) is 18.2 Å². The zero-order valence-corrected chi connectivity index (χ0v) is 12.1. The number of aryl methyl sites for hydroxylation is 2. The first kappa shape index (κ1) is 13.2. The summed E-state index contributed by atoms with van der Waals surface area (Å²) in [6, 6.07) is 6.74. The number of fused-ring (bicyclic) bond motifs is 1. The van der Waals surface area contributed by atoms with Crippen LogP contribution in [-0.4, -0.2) is 5.11 Å². The van der Waals surface area contributed by atoms with E-state index in [1.54, 1.807) is 0 Å². The summed E-state index contributed by atoms with van der Waals surface area (Å²) in [5, 5.41) is 11.0. The van der Waals surface area contributed by atoms with Crippen molar-refractivity contribution in [1.29, 1.82) is 0 Å². The molecule has 1 saturated carbocycles. The highest BCUT2D eigenvalue weighted by atomic mass is 16.3. The van der Waals surface area contributed by atoms with Gasteiger partial charge in [0, 0.05) is 0 Å². The molecule has 1 aromatic carbocycles. The lowest BCUT2D eigenvalue weighted by Crippen LogP contribution is -2.33. The van der Waals surface area contributed by atoms with Crippen LogP contribution in [-0.2, 0) is 18.4 Å². The number of aliphatic hydroxyl groups is 1. The predicted octanol–water partition coefficient (Wildman–Crippen LogP) is 4.35. The summed E-state index contributed by atoms with van der Waals surface area (Å²) in [5.41, 5.74) is 3.52. The molecule has 0 bridgehead atoms. The lowest BCUT2D eigenvalue weighted by Gasteiger charge is -2.36. The van der Waals surface area contributed by atoms with Gasteiger partial charge >= 0.3 is 0 Å². The van der Waals surface area contributed by atoms with Gasteiger partial charge in [0.2, 0.25) is 0 Å². The van der Waals surface area contributed by atoms with Crippen LogP contribution in [0.2, 0.25) is 0 Å². The molecule has 2 aliphatic rings. The largest absolute Gasteiger partial charge is 0.385 e. The molecule has 0 saturated heterocycles. The molecule has 1 fully saturated rings. The third-order valence-electron chi connectivity index (χ3n) is 5.33. The van der Waals surface area contributed by atoms with Crippen LogP contribution in [0.1, 0.15) is 68.6 Å². The molecule has 1 nitrogen and oxygen atoms in total. The van der Waals surface area contributed by atoms with E-state index in [0.717, 1.165) is 5.56 Å². The van der Waals surface area contributed by atoms with Gasteiger partial charge in [-0.1, -0.05) is 37.5 Å². The topological polar surface area (TPSA) is 20.2 Å². The van der Waals surface area contributed by atoms with E-state index in [2.05, 4.69) is 18.2 Å². The van der Waals surface area contributed by atoms with E-state index in [-0.39, 0.29) is 0 Å². The maximum Gasteiger partial charge on any atom is 0.0896 e. The third kappa shape index (κ3) is 2.58. The summed E-state index contributed by atoms with van der Waals surface area (Å²) < 4.78 is 0. The molecule has 3 rings (SSSR count). The summed E-state index contributed by atoms with van der Waals surface area (Å²) in [7, 11) is 0. The number of hydrogen-bond donors (Lipinski definition) is 1. The minimum atomic E-state index is -0.632. The van der Waals surface area contributed by atoms with Gasteiger partial charge in [-0.3, -0.25) is 0 Å². The van der Waals surface area contributed by atoms with Gasteiger partial charge in [-0.05, 0) is 68.1 Å². The second-order valence-corrected chi connectivity index (χ2v) is 6.67. The molecule has 1 atom stereocenters. The van der Waals surface area contributed by atoms with E-state index in [1.807, 2.05) is 6.92 Å². The molecule has 0 heterocycles. The molecule has 1 unspecified atom stereocenters. The number of benzene rings is 1. The van der Waals surface area contributed by atoms with Crippen LogP contribution in [0.4, 0.5) is 0 Å². The Morgan fingerprint density at radius 1 is 0.947 bits per heavy atom. The fourth-order valence-electron chi connectivity index (χ4n) is 3.95. The molecule has 0 aliphatic heterocycles. The van der Waals surface area contributed by atoms with E-state index in [4.69, 9.17) is 0 Å². The second kappa shape index (κ2) is 5.28. The standard InChI is InChI=1S/C18H26O/c1-18(19,16-9-3-2-4-10-16)17-12-11-14-7-5-6-8-15(14)13-17/h11-13,16,19H,2-10H2,1H3. The van der Waals surface area contributed by atoms with Gasteiger partial charge in [0.05, 0.1) is 5.60 Å². The first-order valence-electron chi connectivity index (χ1n) is 8.02. The van der Waals surface area contributed by atoms with Crippen LogP contribution < -0.4 is 0 Å². The summed E-state index contributed by atoms with van der Waals surface area (Å²) in [5.74, 6) is 0.447. The van der Waals surface area contributed by atoms with Crippen molar-refractivity contribution in [1.82, 2.24) is 0 Å². The van der Waals surface area contributed by atoms with Crippen molar-refractivity contribution in [2.75, 3.05) is 0 Å². The highest BCUT2D eigenvalue weighted by Gasteiger charge is 2.34. The van der Waals surface area contributed by atoms with Crippen LogP contribution in [0.5, 0.6) is 0 Å². The molecule has 0 spiro atoms. The Morgan fingerprint density at radius 3 is 2.37 bits per heavy atom. The second-order valence-electron chi connectivity index (χ2n) is 6.67. The summed E-state index contributed by atoms with van der Waals surface area (Å²) >= 11 is 0. The quantitative estimate of drug-likeness (QED) is 0.836. The Balaban J connectivity index is 1.87. The maximum absolute atomic E-state index is 11.0. The first-order chi connectivity index (χ1) is 9.18. The van der Waals surface area contributed by atoms with Gasteiger partial charge in [0.15, 0.2) is 0 Å². The molecule has 0 radical (unpaired) electrons. The normalized spacial score (nSPS) is 23.7. The van der Waals surface area contributed by atoms with E-state index < -0.39 is 5.60 Å². The molecule has 2 aliphatic carbocycles. The predicted molar refractivity (Wildman–Crippen MR) is 79.2 cm³/mol. The van der Waals surface area contributed by atoms with Gasteiger partial charge in [0.1, 0.15) is 0 Å². The third-order valence-corrected chi connectivity index (χ3v) is 5.33. The van der Waals surface area contributed by atoms with Crippen LogP contribution in [0.3, 0.4) is 0 Å². The Hall–Kier alpha value is -0.820. The average Bonchev–Trinajstić information content (AvgIpc) is 2.47. The average molecular weight is 258 g/mol. The van der Waals surface area contributed by atoms with Crippen molar-refractivity contribution in [2.24, 2.45) is 5.92 Å². The van der Waals surface area contributed by atoms with Gasteiger partial charge < -0.3 is 5.11 Å². The minimum Gasteiger partial charge on any atom is -0.385 e. The molecule has 0 amide bonds. The van der Waals surface area contributed by atoms with Crippen LogP contribution in [0.25, 0.3) is 0 Å². The zero-order valence-electron chi connectivity index (χ0n) is 12.1. The lowest BCUT2D eigenvalue weighted by molar-refractivity contribution is -0.0215. The van der Waals surface area contributed by atoms with Crippen LogP contribution in [0, 0.1) is 5.92 Å². The number of rotatable bonds is 2. The molecule has 1 heteroatoms. The van der Waals surface area contributed by atoms with E-state index >= 15 is 0 Å². The van der Waals surface area contributed by atoms with E-state index in [9.17, 15) is 5.11 Å². The highest BCUT2D eigenvalue weighted by molar-refractivity contribution is 5.36. The molecule has 19 heavy (non-hydrogen) atoms. The van der Waals surface area contributed by atoms with Crippen molar-refractivity contribution < 1.29 is 5.11 Å². The van der Waals surface area contributed by atoms with Crippen molar-refractivity contribution in [3.63, 3.8) is 0 Å². The molecular formula is C18H26O. The van der Waals surface area contributed by atoms with Gasteiger partial charge in [-0.15, -0.1) is 0 Å². The monoisotopic (exact) mass is 258 g/mol. The maximum atomic E-state index is 11.0. The fraction of sp³-hybridized carbons (Fsp3) is 0.667. The van der Waals surface area contributed by atoms with Gasteiger partial charge in [-0.2, -0.15) is 0 Å². The van der Waals surface area contributed by atoms with E-state index in [0.29, 0.717) is 5.92 Å². The summed E-state index contributed by atoms with van der Waals surface area (Å²) in [4.78, 5) is 0. The van der Waals surface area contributed by atoms with Crippen molar-refractivity contribution in [3.8, 4) is 0 Å². The highest BCUT2D eigenvalue weighted by Crippen LogP contribution is 2.40. The SMILES string of the molecule is CC(O)(c1ccc2c(c1)CCCC2)C1CCCCC1. The molecule has 1 N–H and O–H groups in total. The molecular weight excluding hydrogens is 232 g/mol. The first-order valence-corrected chi connectivity index (χ1v) is 8.02. The lowest BCUT2D eigenvalue weighted by atomic mass is 9.73. The molecule has 0 aromatic heterocycles. The van der Waals surface area contributed by atoms with Crippen molar-refractivity contribution in [2.45, 2.75) is 70.3 Å². The summed E-state index contributed by atoms with van der Waals surface area (Å²) in [6.45, 7) is 2.04. The minimum absolute atomic E-state index is 0.447. The Labute approximate surface area is 117 Å². The Bertz CT molecular complexity index is 441. The Morgan fingerprint density at radius 2 is 1.63 bits per heavy atom. The molecule has 1 aromatic rings. The van der Waals surface area contributed by atoms with Gasteiger partial charge in [-0.25, -0.2) is 0 Å². The Kier molecular flexibility index (Phi) is 3.66. The van der Waals surface area contributed by atoms with Gasteiger partial charge in [0.25, 0.3) is 0 Å². The smallest absolute Gasteiger partial charge is 0.0896 e.